The molecule has 0 saturated heterocycles. The van der Waals surface area contributed by atoms with Gasteiger partial charge in [-0.2, -0.15) is 0 Å². The molecule has 0 aromatic heterocycles. The van der Waals surface area contributed by atoms with E-state index in [0.717, 1.165) is 49.2 Å². The Labute approximate surface area is 377 Å². The van der Waals surface area contributed by atoms with Crippen molar-refractivity contribution in [3.63, 3.8) is 0 Å². The molecule has 3 aromatic carbocycles. The van der Waals surface area contributed by atoms with Crippen LogP contribution in [0.15, 0.2) is 85.6 Å². The first-order valence-corrected chi connectivity index (χ1v) is 21.7. The van der Waals surface area contributed by atoms with Gasteiger partial charge in [0, 0.05) is 0 Å². The molecule has 3 rings (SSSR count). The Kier molecular flexibility index (Phi) is 28.6. The molecule has 62 heavy (non-hydrogen) atoms. The van der Waals surface area contributed by atoms with Crippen molar-refractivity contribution in [1.82, 2.24) is 0 Å². The van der Waals surface area contributed by atoms with E-state index in [1.807, 2.05) is 119 Å². The molecule has 2 N–H and O–H groups in total. The summed E-state index contributed by atoms with van der Waals surface area (Å²) in [5.74, 6) is 1.43. The van der Waals surface area contributed by atoms with Gasteiger partial charge in [0.1, 0.15) is 28.5 Å². The lowest BCUT2D eigenvalue weighted by Gasteiger charge is -2.28. The van der Waals surface area contributed by atoms with Crippen molar-refractivity contribution in [2.24, 2.45) is 11.8 Å². The summed E-state index contributed by atoms with van der Waals surface area (Å²) in [6.45, 7) is 31.6. The Morgan fingerprint density at radius 2 is 1.00 bits per heavy atom. The van der Waals surface area contributed by atoms with Gasteiger partial charge in [-0.1, -0.05) is 85.5 Å². The fourth-order valence-electron chi connectivity index (χ4n) is 6.61. The molecule has 0 aliphatic rings. The molecular weight excluding hydrogens is 781 g/mol. The average Bonchev–Trinajstić information content (AvgIpc) is 3.15. The molecule has 0 fully saturated rings. The van der Waals surface area contributed by atoms with Crippen molar-refractivity contribution in [3.8, 4) is 17.2 Å². The minimum atomic E-state index is -0.507. The van der Waals surface area contributed by atoms with Crippen LogP contribution >= 0.6 is 0 Å². The fourth-order valence-corrected chi connectivity index (χ4v) is 6.61. The lowest BCUT2D eigenvalue weighted by Crippen LogP contribution is -2.29. The van der Waals surface area contributed by atoms with Crippen LogP contribution in [-0.2, 0) is 28.5 Å². The highest BCUT2D eigenvalue weighted by molar-refractivity contribution is 5.73. The van der Waals surface area contributed by atoms with E-state index >= 15 is 0 Å². The number of benzene rings is 3. The lowest BCUT2D eigenvalue weighted by atomic mass is 9.80. The van der Waals surface area contributed by atoms with Gasteiger partial charge >= 0.3 is 11.9 Å². The van der Waals surface area contributed by atoms with E-state index in [9.17, 15) is 19.8 Å². The zero-order chi connectivity index (χ0) is 45.6. The number of ether oxygens (including phenoxy) is 5. The molecule has 352 valence electrons. The van der Waals surface area contributed by atoms with Crippen molar-refractivity contribution < 1.29 is 43.5 Å². The summed E-state index contributed by atoms with van der Waals surface area (Å²) in [6.07, 6.45) is 5.06. The second kappa shape index (κ2) is 29.7. The second-order valence-corrected chi connectivity index (χ2v) is 17.7. The summed E-state index contributed by atoms with van der Waals surface area (Å²) in [6, 6.07) is 22.7. The number of esters is 2. The molecule has 0 aliphatic carbocycles. The predicted octanol–water partition coefficient (Wildman–Crippen LogP) is 14.3. The molecule has 0 radical (unpaired) electrons. The first-order chi connectivity index (χ1) is 28.0. The zero-order valence-corrected chi connectivity index (χ0v) is 39.2. The second-order valence-electron chi connectivity index (χ2n) is 17.7. The topological polar surface area (TPSA) is 121 Å². The highest BCUT2D eigenvalue weighted by Crippen LogP contribution is 2.37. The van der Waals surface area contributed by atoms with Crippen LogP contribution in [0.3, 0.4) is 0 Å². The van der Waals surface area contributed by atoms with Crippen LogP contribution in [0.2, 0.25) is 0 Å². The van der Waals surface area contributed by atoms with Crippen molar-refractivity contribution in [1.29, 1.82) is 0 Å². The van der Waals surface area contributed by atoms with E-state index in [0.29, 0.717) is 6.42 Å². The third kappa shape index (κ3) is 24.8. The number of hydrogen-bond acceptors (Lipinski definition) is 9. The lowest BCUT2D eigenvalue weighted by molar-refractivity contribution is -0.161. The van der Waals surface area contributed by atoms with Gasteiger partial charge in [0.05, 0.1) is 30.8 Å². The Hall–Kier alpha value is -4.50. The molecule has 0 saturated carbocycles. The number of hydrogen-bond donors (Lipinski definition) is 2. The summed E-state index contributed by atoms with van der Waals surface area (Å²) in [5, 5.41) is 19.1. The summed E-state index contributed by atoms with van der Waals surface area (Å²) in [7, 11) is 0. The van der Waals surface area contributed by atoms with Crippen molar-refractivity contribution in [3.05, 3.63) is 102 Å². The predicted molar refractivity (Wildman–Crippen MR) is 257 cm³/mol. The largest absolute Gasteiger partial charge is 0.508 e. The normalized spacial score (nSPS) is 13.9. The van der Waals surface area contributed by atoms with Gasteiger partial charge in [-0.05, 0) is 172 Å². The maximum atomic E-state index is 12.9. The molecule has 0 amide bonds. The first-order valence-electron chi connectivity index (χ1n) is 21.7. The third-order valence-corrected chi connectivity index (χ3v) is 9.64. The Morgan fingerprint density at radius 3 is 1.35 bits per heavy atom. The van der Waals surface area contributed by atoms with Crippen LogP contribution in [0.4, 0.5) is 0 Å². The van der Waals surface area contributed by atoms with Crippen molar-refractivity contribution >= 4 is 11.9 Å². The molecule has 9 heteroatoms. The molecule has 0 spiro atoms. The van der Waals surface area contributed by atoms with E-state index in [4.69, 9.17) is 18.9 Å². The molecule has 0 aliphatic heterocycles. The van der Waals surface area contributed by atoms with Gasteiger partial charge in [0.25, 0.3) is 0 Å². The third-order valence-electron chi connectivity index (χ3n) is 9.64. The highest BCUT2D eigenvalue weighted by atomic mass is 16.7. The Bertz CT molecular complexity index is 1630. The number of phenols is 2. The van der Waals surface area contributed by atoms with E-state index in [2.05, 4.69) is 37.3 Å². The van der Waals surface area contributed by atoms with E-state index < -0.39 is 11.2 Å². The van der Waals surface area contributed by atoms with Gasteiger partial charge in [-0.3, -0.25) is 9.59 Å². The maximum Gasteiger partial charge on any atom is 0.309 e. The summed E-state index contributed by atoms with van der Waals surface area (Å²) < 4.78 is 27.3. The van der Waals surface area contributed by atoms with Crippen LogP contribution < -0.4 is 4.74 Å². The molecule has 6 unspecified atom stereocenters. The van der Waals surface area contributed by atoms with E-state index in [1.165, 1.54) is 11.8 Å². The van der Waals surface area contributed by atoms with Crippen LogP contribution in [0.1, 0.15) is 178 Å². The quantitative estimate of drug-likeness (QED) is 0.0689. The van der Waals surface area contributed by atoms with E-state index in [-0.39, 0.29) is 80.3 Å². The Morgan fingerprint density at radius 1 is 0.613 bits per heavy atom. The van der Waals surface area contributed by atoms with Crippen molar-refractivity contribution in [2.75, 3.05) is 6.61 Å². The van der Waals surface area contributed by atoms with Gasteiger partial charge in [-0.25, -0.2) is 0 Å². The molecule has 9 nitrogen and oxygen atoms in total. The highest BCUT2D eigenvalue weighted by Gasteiger charge is 2.29. The fraction of sp³-hybridized carbons (Fsp3) is 0.585. The van der Waals surface area contributed by atoms with Crippen LogP contribution in [0.25, 0.3) is 0 Å². The van der Waals surface area contributed by atoms with E-state index in [1.54, 1.807) is 24.3 Å². The average molecular weight is 867 g/mol. The number of carbonyl (C=O) groups excluding carboxylic acids is 2. The number of carbonyl (C=O) groups is 2. The number of rotatable bonds is 19. The minimum Gasteiger partial charge on any atom is -0.508 e. The van der Waals surface area contributed by atoms with Gasteiger partial charge in [0.15, 0.2) is 6.29 Å². The van der Waals surface area contributed by atoms with Gasteiger partial charge < -0.3 is 33.9 Å². The summed E-state index contributed by atoms with van der Waals surface area (Å²) >= 11 is 0. The Balaban J connectivity index is 0. The first kappa shape index (κ1) is 59.6. The molecule has 3 aromatic rings. The smallest absolute Gasteiger partial charge is 0.309 e. The summed E-state index contributed by atoms with van der Waals surface area (Å²) in [5.41, 5.74) is 2.52. The van der Waals surface area contributed by atoms with Gasteiger partial charge in [-0.15, -0.1) is 0 Å². The minimum absolute atomic E-state index is 0. The standard InChI is InChI=1S/C30H44O5.C17H26O3.C4H8O.2CH4/c1-9-23(29(32)35-30(6,7)8)19-26(25-10-14-27(31)15-11-25)18-21(4)24-12-16-28(17-13-24)34-22(5)33-20(2)3;1-6-13(16(19)20-17(3,4)5)11-12(2)14-7-9-15(18)10-8-14;1-3-5-4-2;;/h10-17,20-23,26,31H,9,18-19H2,1-8H3;7-10,12-13,18H,6,11H2,1-5H3;3H,1,4H2,2H3;2*1H4. The van der Waals surface area contributed by atoms with Crippen molar-refractivity contribution in [2.45, 2.75) is 185 Å². The number of phenolic OH excluding ortho intramolecular Hbond substituents is 2. The zero-order valence-electron chi connectivity index (χ0n) is 39.2. The molecule has 6 atom stereocenters. The van der Waals surface area contributed by atoms with Gasteiger partial charge in [0.2, 0.25) is 0 Å². The summed E-state index contributed by atoms with van der Waals surface area (Å²) in [4.78, 5) is 25.0. The molecule has 0 bridgehead atoms. The van der Waals surface area contributed by atoms with Crippen LogP contribution in [0.5, 0.6) is 17.2 Å². The maximum absolute atomic E-state index is 12.9. The monoisotopic (exact) mass is 867 g/mol. The molecular formula is C53H86O9. The number of aromatic hydroxyl groups is 2. The SMILES string of the molecule is C.C.C=COCC.CCC(CC(C)c1ccc(O)cc1)C(=O)OC(C)(C)C.CCC(CC(CC(C)c1ccc(OC(C)OC(C)C)cc1)c1ccc(O)cc1)C(=O)OC(C)(C)C. The van der Waals surface area contributed by atoms with Crippen LogP contribution in [-0.4, -0.2) is 52.4 Å². The molecule has 0 heterocycles. The van der Waals surface area contributed by atoms with Crippen LogP contribution in [0, 0.1) is 11.8 Å².